The van der Waals surface area contributed by atoms with Crippen molar-refractivity contribution in [2.45, 2.75) is 59.0 Å². The number of rotatable bonds is 6. The van der Waals surface area contributed by atoms with Gasteiger partial charge in [-0.2, -0.15) is 0 Å². The molecule has 1 aliphatic heterocycles. The molecule has 1 saturated heterocycles. The van der Waals surface area contributed by atoms with Crippen molar-refractivity contribution in [3.8, 4) is 0 Å². The van der Waals surface area contributed by atoms with Gasteiger partial charge in [-0.3, -0.25) is 9.89 Å². The molecule has 2 rings (SSSR count). The van der Waals surface area contributed by atoms with Gasteiger partial charge in [0.2, 0.25) is 0 Å². The van der Waals surface area contributed by atoms with E-state index < -0.39 is 0 Å². The van der Waals surface area contributed by atoms with Crippen LogP contribution in [-0.4, -0.2) is 48.6 Å². The number of piperidine rings is 1. The van der Waals surface area contributed by atoms with E-state index in [4.69, 9.17) is 0 Å². The molecule has 0 aliphatic carbocycles. The zero-order valence-electron chi connectivity index (χ0n) is 15.4. The van der Waals surface area contributed by atoms with Gasteiger partial charge in [-0.1, -0.05) is 13.3 Å². The number of hydrogen-bond donors (Lipinski definition) is 2. The minimum absolute atomic E-state index is 0. The van der Waals surface area contributed by atoms with Crippen LogP contribution in [0.4, 0.5) is 0 Å². The maximum atomic E-state index is 4.56. The van der Waals surface area contributed by atoms with E-state index in [9.17, 15) is 0 Å². The molecule has 1 atom stereocenters. The minimum atomic E-state index is 0. The number of hydrogen-bond acceptors (Lipinski definition) is 4. The Bertz CT molecular complexity index is 498. The van der Waals surface area contributed by atoms with Crippen molar-refractivity contribution in [2.24, 2.45) is 4.99 Å². The van der Waals surface area contributed by atoms with Gasteiger partial charge >= 0.3 is 0 Å². The van der Waals surface area contributed by atoms with E-state index in [2.05, 4.69) is 46.3 Å². The third kappa shape index (κ3) is 6.48. The van der Waals surface area contributed by atoms with Crippen LogP contribution < -0.4 is 10.6 Å². The van der Waals surface area contributed by atoms with Gasteiger partial charge < -0.3 is 10.6 Å². The van der Waals surface area contributed by atoms with Crippen LogP contribution in [0.3, 0.4) is 0 Å². The molecule has 1 unspecified atom stereocenters. The fourth-order valence-electron chi connectivity index (χ4n) is 3.13. The highest BCUT2D eigenvalue weighted by molar-refractivity contribution is 14.0. The van der Waals surface area contributed by atoms with Crippen LogP contribution in [0.15, 0.2) is 4.99 Å². The standard InChI is InChI=1S/C17H31N5S.HI/c1-5-15-8-6-7-10-22(15)11-9-19-17(18-4)20-12-16-21-13(2)14(3)23-16;/h15H,5-12H2,1-4H3,(H2,18,19,20);1H. The summed E-state index contributed by atoms with van der Waals surface area (Å²) in [7, 11) is 1.82. The molecule has 0 bridgehead atoms. The monoisotopic (exact) mass is 465 g/mol. The van der Waals surface area contributed by atoms with Crippen LogP contribution in [0, 0.1) is 13.8 Å². The van der Waals surface area contributed by atoms with Gasteiger partial charge in [-0.05, 0) is 39.7 Å². The van der Waals surface area contributed by atoms with E-state index in [1.807, 2.05) is 7.05 Å². The molecule has 1 aliphatic rings. The molecule has 0 radical (unpaired) electrons. The fourth-order valence-corrected chi connectivity index (χ4v) is 4.00. The van der Waals surface area contributed by atoms with Crippen LogP contribution in [0.1, 0.15) is 48.2 Å². The second-order valence-corrected chi connectivity index (χ2v) is 7.48. The zero-order valence-corrected chi connectivity index (χ0v) is 18.5. The number of guanidine groups is 1. The predicted octanol–water partition coefficient (Wildman–Crippen LogP) is 3.31. The number of halogens is 1. The Morgan fingerprint density at radius 2 is 2.12 bits per heavy atom. The van der Waals surface area contributed by atoms with E-state index in [1.54, 1.807) is 11.3 Å². The third-order valence-electron chi connectivity index (χ3n) is 4.62. The molecule has 1 fully saturated rings. The summed E-state index contributed by atoms with van der Waals surface area (Å²) in [6.07, 6.45) is 5.34. The topological polar surface area (TPSA) is 52.5 Å². The highest BCUT2D eigenvalue weighted by atomic mass is 127. The normalized spacial score (nSPS) is 19.0. The first kappa shape index (κ1) is 21.6. The van der Waals surface area contributed by atoms with Crippen molar-refractivity contribution < 1.29 is 0 Å². The first-order chi connectivity index (χ1) is 11.1. The number of likely N-dealkylation sites (tertiary alicyclic amines) is 1. The first-order valence-electron chi connectivity index (χ1n) is 8.75. The Morgan fingerprint density at radius 1 is 1.33 bits per heavy atom. The lowest BCUT2D eigenvalue weighted by molar-refractivity contribution is 0.147. The molecular formula is C17H32IN5S. The fraction of sp³-hybridized carbons (Fsp3) is 0.765. The van der Waals surface area contributed by atoms with Crippen LogP contribution in [0.5, 0.6) is 0 Å². The van der Waals surface area contributed by atoms with Gasteiger partial charge in [0.25, 0.3) is 0 Å². The molecule has 1 aromatic rings. The van der Waals surface area contributed by atoms with Crippen molar-refractivity contribution in [3.05, 3.63) is 15.6 Å². The molecule has 0 aromatic carbocycles. The molecular weight excluding hydrogens is 433 g/mol. The summed E-state index contributed by atoms with van der Waals surface area (Å²) in [5.74, 6) is 0.862. The molecule has 2 heterocycles. The van der Waals surface area contributed by atoms with Crippen molar-refractivity contribution >= 4 is 41.3 Å². The molecule has 0 saturated carbocycles. The SMILES string of the molecule is CCC1CCCCN1CCNC(=NC)NCc1nc(C)c(C)s1.I. The van der Waals surface area contributed by atoms with Crippen LogP contribution in [0.2, 0.25) is 0 Å². The molecule has 138 valence electrons. The summed E-state index contributed by atoms with van der Waals surface area (Å²) in [6.45, 7) is 10.5. The van der Waals surface area contributed by atoms with Gasteiger partial charge in [-0.25, -0.2) is 4.98 Å². The number of aryl methyl sites for hydroxylation is 2. The maximum absolute atomic E-state index is 4.56. The lowest BCUT2D eigenvalue weighted by atomic mass is 10.0. The Morgan fingerprint density at radius 3 is 2.75 bits per heavy atom. The van der Waals surface area contributed by atoms with Gasteiger partial charge in [0, 0.05) is 31.1 Å². The third-order valence-corrected chi connectivity index (χ3v) is 5.69. The average molecular weight is 465 g/mol. The summed E-state index contributed by atoms with van der Waals surface area (Å²) in [4.78, 5) is 12.8. The second kappa shape index (κ2) is 11.3. The van der Waals surface area contributed by atoms with E-state index in [0.29, 0.717) is 0 Å². The van der Waals surface area contributed by atoms with Crippen LogP contribution in [-0.2, 0) is 6.54 Å². The molecule has 0 amide bonds. The van der Waals surface area contributed by atoms with E-state index in [0.717, 1.165) is 42.3 Å². The quantitative estimate of drug-likeness (QED) is 0.385. The highest BCUT2D eigenvalue weighted by Crippen LogP contribution is 2.18. The number of aromatic nitrogens is 1. The van der Waals surface area contributed by atoms with Crippen molar-refractivity contribution in [2.75, 3.05) is 26.7 Å². The number of nitrogens with one attached hydrogen (secondary N) is 2. The van der Waals surface area contributed by atoms with E-state index in [-0.39, 0.29) is 24.0 Å². The van der Waals surface area contributed by atoms with Crippen molar-refractivity contribution in [1.82, 2.24) is 20.5 Å². The van der Waals surface area contributed by atoms with E-state index >= 15 is 0 Å². The largest absolute Gasteiger partial charge is 0.355 e. The molecule has 5 nitrogen and oxygen atoms in total. The van der Waals surface area contributed by atoms with Crippen LogP contribution in [0.25, 0.3) is 0 Å². The summed E-state index contributed by atoms with van der Waals surface area (Å²) >= 11 is 1.75. The molecule has 1 aromatic heterocycles. The lowest BCUT2D eigenvalue weighted by Crippen LogP contribution is -2.45. The summed E-state index contributed by atoms with van der Waals surface area (Å²) < 4.78 is 0. The Hall–Kier alpha value is -0.410. The van der Waals surface area contributed by atoms with Crippen LogP contribution >= 0.6 is 35.3 Å². The molecule has 2 N–H and O–H groups in total. The molecule has 24 heavy (non-hydrogen) atoms. The molecule has 0 spiro atoms. The van der Waals surface area contributed by atoms with Gasteiger partial charge in [0.15, 0.2) is 5.96 Å². The van der Waals surface area contributed by atoms with Crippen molar-refractivity contribution in [1.29, 1.82) is 0 Å². The van der Waals surface area contributed by atoms with E-state index in [1.165, 1.54) is 37.1 Å². The highest BCUT2D eigenvalue weighted by Gasteiger charge is 2.19. The van der Waals surface area contributed by atoms with Gasteiger partial charge in [-0.15, -0.1) is 35.3 Å². The second-order valence-electron chi connectivity index (χ2n) is 6.20. The smallest absolute Gasteiger partial charge is 0.191 e. The number of nitrogens with zero attached hydrogens (tertiary/aromatic N) is 3. The molecule has 7 heteroatoms. The predicted molar refractivity (Wildman–Crippen MR) is 115 cm³/mol. The maximum Gasteiger partial charge on any atom is 0.191 e. The summed E-state index contributed by atoms with van der Waals surface area (Å²) in [6, 6.07) is 0.766. The first-order valence-corrected chi connectivity index (χ1v) is 9.57. The number of thiazole rings is 1. The van der Waals surface area contributed by atoms with Crippen molar-refractivity contribution in [3.63, 3.8) is 0 Å². The summed E-state index contributed by atoms with van der Waals surface area (Å²) in [5, 5.41) is 7.90. The number of aliphatic imine (C=N–C) groups is 1. The Labute approximate surface area is 167 Å². The van der Waals surface area contributed by atoms with Gasteiger partial charge in [0.1, 0.15) is 5.01 Å². The Balaban J connectivity index is 0.00000288. The lowest BCUT2D eigenvalue weighted by Gasteiger charge is -2.35. The van der Waals surface area contributed by atoms with Gasteiger partial charge in [0.05, 0.1) is 12.2 Å². The minimum Gasteiger partial charge on any atom is -0.355 e. The summed E-state index contributed by atoms with van der Waals surface area (Å²) in [5.41, 5.74) is 1.13. The zero-order chi connectivity index (χ0) is 16.7. The Kier molecular flexibility index (Phi) is 10.1. The average Bonchev–Trinajstić information content (AvgIpc) is 2.89.